The van der Waals surface area contributed by atoms with Gasteiger partial charge in [-0.25, -0.2) is 14.2 Å². The van der Waals surface area contributed by atoms with E-state index in [1.165, 1.54) is 11.1 Å². The van der Waals surface area contributed by atoms with Crippen molar-refractivity contribution in [3.63, 3.8) is 0 Å². The number of hydrogen-bond donors (Lipinski definition) is 3. The molecule has 1 aromatic heterocycles. The summed E-state index contributed by atoms with van der Waals surface area (Å²) in [5.41, 5.74) is 4.04. The Morgan fingerprint density at radius 3 is 2.39 bits per heavy atom. The Morgan fingerprint density at radius 2 is 1.69 bits per heavy atom. The van der Waals surface area contributed by atoms with Crippen LogP contribution in [0.5, 0.6) is 11.6 Å². The third-order valence-corrected chi connectivity index (χ3v) is 10.3. The molecule has 3 N–H and O–H groups in total. The van der Waals surface area contributed by atoms with Crippen LogP contribution in [0.25, 0.3) is 11.1 Å². The van der Waals surface area contributed by atoms with Gasteiger partial charge in [0.25, 0.3) is 5.91 Å². The van der Waals surface area contributed by atoms with E-state index < -0.39 is 23.4 Å². The van der Waals surface area contributed by atoms with Crippen LogP contribution in [0.15, 0.2) is 54.7 Å². The third-order valence-electron chi connectivity index (χ3n) is 10.3. The van der Waals surface area contributed by atoms with E-state index in [9.17, 15) is 14.0 Å². The van der Waals surface area contributed by atoms with Gasteiger partial charge in [0.1, 0.15) is 22.7 Å². The molecule has 54 heavy (non-hydrogen) atoms. The molecule has 12 heteroatoms. The second kappa shape index (κ2) is 17.6. The zero-order valence-electron chi connectivity index (χ0n) is 32.6. The van der Waals surface area contributed by atoms with Crippen molar-refractivity contribution in [2.75, 3.05) is 32.8 Å². The van der Waals surface area contributed by atoms with E-state index in [1.807, 2.05) is 39.0 Å². The van der Waals surface area contributed by atoms with Gasteiger partial charge < -0.3 is 30.2 Å². The number of aromatic nitrogens is 1. The average molecular weight is 745 g/mol. The zero-order chi connectivity index (χ0) is 38.4. The highest BCUT2D eigenvalue weighted by atomic mass is 19.1. The van der Waals surface area contributed by atoms with Crippen molar-refractivity contribution in [1.82, 2.24) is 30.7 Å². The van der Waals surface area contributed by atoms with E-state index in [0.717, 1.165) is 56.1 Å². The number of nitrogens with zero attached hydrogens (tertiary/aromatic N) is 3. The van der Waals surface area contributed by atoms with Crippen LogP contribution >= 0.6 is 0 Å². The number of carbonyl (C=O) groups excluding carboxylic acids is 2. The molecular weight excluding hydrogens is 687 g/mol. The van der Waals surface area contributed by atoms with E-state index in [4.69, 9.17) is 14.2 Å². The van der Waals surface area contributed by atoms with Crippen molar-refractivity contribution in [2.45, 2.75) is 116 Å². The lowest BCUT2D eigenvalue weighted by Gasteiger charge is -2.36. The first kappa shape index (κ1) is 39.6. The number of halogens is 1. The summed E-state index contributed by atoms with van der Waals surface area (Å²) in [6, 6.07) is 16.7. The molecule has 0 radical (unpaired) electrons. The fraction of sp³-hybridized carbons (Fsp3) is 0.548. The standard InChI is InChI=1S/C42H57FN6O5/c1-27-22-48(23-28(2)45-27)24-30-10-15-37(32(18-30)25-49-16-17-52-26-29(49)3)31-8-7-9-36(19-31)53-40-38(20-33(43)21-44-40)39(50)46-34-11-13-35(14-12-34)47-41(51)54-42(4,5)6/h7-10,15,18-21,27-29,34-35,45H,11-14,16-17,22-26H2,1-6H3,(H,46,50)(H,47,51)/t27-,28+,29-,34?,35?/m0/s1. The monoisotopic (exact) mass is 744 g/mol. The van der Waals surface area contributed by atoms with E-state index in [2.05, 4.69) is 75.8 Å². The van der Waals surface area contributed by atoms with Gasteiger partial charge >= 0.3 is 6.09 Å². The van der Waals surface area contributed by atoms with Gasteiger partial charge in [-0.15, -0.1) is 0 Å². The molecule has 3 fully saturated rings. The summed E-state index contributed by atoms with van der Waals surface area (Å²) < 4.78 is 31.9. The predicted molar refractivity (Wildman–Crippen MR) is 207 cm³/mol. The summed E-state index contributed by atoms with van der Waals surface area (Å²) in [6.45, 7) is 18.1. The maximum absolute atomic E-state index is 14.5. The van der Waals surface area contributed by atoms with Crippen LogP contribution in [0, 0.1) is 5.82 Å². The molecule has 0 unspecified atom stereocenters. The Balaban J connectivity index is 1.16. The Kier molecular flexibility index (Phi) is 12.9. The Bertz CT molecular complexity index is 1750. The average Bonchev–Trinajstić information content (AvgIpc) is 3.10. The molecule has 2 amide bonds. The van der Waals surface area contributed by atoms with Crippen LogP contribution in [0.1, 0.15) is 88.7 Å². The van der Waals surface area contributed by atoms with E-state index in [1.54, 1.807) is 0 Å². The normalized spacial score (nSPS) is 24.1. The first-order valence-corrected chi connectivity index (χ1v) is 19.4. The van der Waals surface area contributed by atoms with E-state index in [0.29, 0.717) is 62.8 Å². The smallest absolute Gasteiger partial charge is 0.407 e. The molecule has 3 heterocycles. The fourth-order valence-corrected chi connectivity index (χ4v) is 7.83. The van der Waals surface area contributed by atoms with Gasteiger partial charge in [0.05, 0.1) is 19.4 Å². The highest BCUT2D eigenvalue weighted by Gasteiger charge is 2.28. The Morgan fingerprint density at radius 1 is 0.963 bits per heavy atom. The van der Waals surface area contributed by atoms with Gasteiger partial charge in [-0.1, -0.05) is 30.3 Å². The maximum atomic E-state index is 14.5. The first-order chi connectivity index (χ1) is 25.8. The highest BCUT2D eigenvalue weighted by molar-refractivity contribution is 5.96. The van der Waals surface area contributed by atoms with E-state index in [-0.39, 0.29) is 23.5 Å². The van der Waals surface area contributed by atoms with Gasteiger partial charge in [-0.05, 0) is 108 Å². The van der Waals surface area contributed by atoms with Gasteiger partial charge in [0, 0.05) is 62.9 Å². The molecule has 3 aromatic rings. The van der Waals surface area contributed by atoms with Crippen LogP contribution in [0.3, 0.4) is 0 Å². The molecule has 0 spiro atoms. The van der Waals surface area contributed by atoms with Crippen molar-refractivity contribution in [2.24, 2.45) is 0 Å². The Hall–Kier alpha value is -4.10. The molecule has 2 aliphatic heterocycles. The number of alkyl carbamates (subject to hydrolysis) is 1. The maximum Gasteiger partial charge on any atom is 0.407 e. The highest BCUT2D eigenvalue weighted by Crippen LogP contribution is 2.33. The number of morpholine rings is 1. The van der Waals surface area contributed by atoms with Crippen molar-refractivity contribution in [3.05, 3.63) is 77.2 Å². The minimum absolute atomic E-state index is 0.0253. The number of hydrogen-bond acceptors (Lipinski definition) is 9. The second-order valence-electron chi connectivity index (χ2n) is 16.4. The number of pyridine rings is 1. The third kappa shape index (κ3) is 11.0. The molecular formula is C42H57FN6O5. The molecule has 3 atom stereocenters. The number of piperazine rings is 1. The number of benzene rings is 2. The lowest BCUT2D eigenvalue weighted by molar-refractivity contribution is -0.00431. The quantitative estimate of drug-likeness (QED) is 0.210. The topological polar surface area (TPSA) is 117 Å². The molecule has 0 bridgehead atoms. The summed E-state index contributed by atoms with van der Waals surface area (Å²) in [7, 11) is 0. The SMILES string of the molecule is C[C@@H]1CN(Cc2ccc(-c3cccc(Oc4ncc(F)cc4C(=O)NC4CCC(NC(=O)OC(C)(C)C)CC4)c3)c(CN3CCOC[C@@H]3C)c2)C[C@H](C)N1. The van der Waals surface area contributed by atoms with Crippen LogP contribution in [-0.2, 0) is 22.6 Å². The van der Waals surface area contributed by atoms with Crippen molar-refractivity contribution in [3.8, 4) is 22.8 Å². The lowest BCUT2D eigenvalue weighted by atomic mass is 9.91. The number of ether oxygens (including phenoxy) is 3. The molecule has 1 saturated carbocycles. The molecule has 11 nitrogen and oxygen atoms in total. The van der Waals surface area contributed by atoms with Gasteiger partial charge in [-0.2, -0.15) is 0 Å². The summed E-state index contributed by atoms with van der Waals surface area (Å²) in [5.74, 6) is -0.558. The summed E-state index contributed by atoms with van der Waals surface area (Å²) in [6.07, 6.45) is 3.30. The van der Waals surface area contributed by atoms with Crippen LogP contribution in [-0.4, -0.2) is 95.4 Å². The fourth-order valence-electron chi connectivity index (χ4n) is 7.83. The van der Waals surface area contributed by atoms with Crippen molar-refractivity contribution in [1.29, 1.82) is 0 Å². The Labute approximate surface area is 319 Å². The van der Waals surface area contributed by atoms with Gasteiger partial charge in [0.2, 0.25) is 5.88 Å². The van der Waals surface area contributed by atoms with E-state index >= 15 is 0 Å². The molecule has 292 valence electrons. The largest absolute Gasteiger partial charge is 0.444 e. The van der Waals surface area contributed by atoms with Crippen LogP contribution in [0.2, 0.25) is 0 Å². The number of nitrogens with one attached hydrogen (secondary N) is 3. The predicted octanol–water partition coefficient (Wildman–Crippen LogP) is 6.65. The minimum Gasteiger partial charge on any atom is -0.444 e. The molecule has 2 saturated heterocycles. The summed E-state index contributed by atoms with van der Waals surface area (Å²) >= 11 is 0. The molecule has 6 rings (SSSR count). The molecule has 3 aliphatic rings. The van der Waals surface area contributed by atoms with Crippen molar-refractivity contribution >= 4 is 12.0 Å². The van der Waals surface area contributed by atoms with Gasteiger partial charge in [0.15, 0.2) is 0 Å². The lowest BCUT2D eigenvalue weighted by Crippen LogP contribution is -2.53. The second-order valence-corrected chi connectivity index (χ2v) is 16.4. The molecule has 1 aliphatic carbocycles. The number of carbonyl (C=O) groups is 2. The van der Waals surface area contributed by atoms with Crippen LogP contribution in [0.4, 0.5) is 9.18 Å². The van der Waals surface area contributed by atoms with Gasteiger partial charge in [-0.3, -0.25) is 14.6 Å². The summed E-state index contributed by atoms with van der Waals surface area (Å²) in [5, 5.41) is 9.59. The van der Waals surface area contributed by atoms with Crippen LogP contribution < -0.4 is 20.7 Å². The van der Waals surface area contributed by atoms with Crippen molar-refractivity contribution < 1.29 is 28.2 Å². The summed E-state index contributed by atoms with van der Waals surface area (Å²) in [4.78, 5) is 35.0. The zero-order valence-corrected chi connectivity index (χ0v) is 32.6. The number of amides is 2. The number of rotatable bonds is 10. The minimum atomic E-state index is -0.627. The first-order valence-electron chi connectivity index (χ1n) is 19.4. The molecule has 2 aromatic carbocycles.